The van der Waals surface area contributed by atoms with E-state index >= 15 is 0 Å². The lowest BCUT2D eigenvalue weighted by Gasteiger charge is -2.33. The molecule has 0 aromatic heterocycles. The highest BCUT2D eigenvalue weighted by atomic mass is 35.5. The zero-order chi connectivity index (χ0) is 15.2. The van der Waals surface area contributed by atoms with Crippen molar-refractivity contribution in [2.45, 2.75) is 31.9 Å². The minimum absolute atomic E-state index is 0.286. The number of benzene rings is 1. The van der Waals surface area contributed by atoms with E-state index in [-0.39, 0.29) is 12.0 Å². The Labute approximate surface area is 129 Å². The molecule has 1 aliphatic rings. The van der Waals surface area contributed by atoms with E-state index in [4.69, 9.17) is 21.1 Å². The van der Waals surface area contributed by atoms with Gasteiger partial charge in [-0.2, -0.15) is 10.1 Å². The molecule has 1 aliphatic heterocycles. The molecule has 0 saturated heterocycles. The SMILES string of the molecule is CCOC(=O)N1N=C(c2ccccc2)[C@@H](Cl)C[C@@H]1OCC. The van der Waals surface area contributed by atoms with Gasteiger partial charge in [-0.3, -0.25) is 0 Å². The van der Waals surface area contributed by atoms with Crippen LogP contribution in [-0.2, 0) is 9.47 Å². The number of amides is 1. The molecule has 0 unspecified atom stereocenters. The van der Waals surface area contributed by atoms with Gasteiger partial charge in [-0.15, -0.1) is 11.6 Å². The van der Waals surface area contributed by atoms with Crippen LogP contribution in [0.2, 0.25) is 0 Å². The van der Waals surface area contributed by atoms with Gasteiger partial charge in [0.25, 0.3) is 0 Å². The molecule has 114 valence electrons. The number of alkyl halides is 1. The van der Waals surface area contributed by atoms with Gasteiger partial charge < -0.3 is 9.47 Å². The molecule has 1 aromatic carbocycles. The summed E-state index contributed by atoms with van der Waals surface area (Å²) in [5.41, 5.74) is 1.54. The molecule has 0 bridgehead atoms. The quantitative estimate of drug-likeness (QED) is 0.802. The summed E-state index contributed by atoms with van der Waals surface area (Å²) >= 11 is 6.41. The summed E-state index contributed by atoms with van der Waals surface area (Å²) in [6, 6.07) is 9.56. The molecule has 0 saturated carbocycles. The molecular formula is C15H19ClN2O3. The van der Waals surface area contributed by atoms with E-state index in [2.05, 4.69) is 5.10 Å². The minimum Gasteiger partial charge on any atom is -0.448 e. The number of nitrogens with zero attached hydrogens (tertiary/aromatic N) is 2. The average Bonchev–Trinajstić information content (AvgIpc) is 2.49. The van der Waals surface area contributed by atoms with Crippen LogP contribution in [0.15, 0.2) is 35.4 Å². The fourth-order valence-electron chi connectivity index (χ4n) is 2.16. The van der Waals surface area contributed by atoms with Crippen molar-refractivity contribution in [3.05, 3.63) is 35.9 Å². The summed E-state index contributed by atoms with van der Waals surface area (Å²) in [6.45, 7) is 4.38. The van der Waals surface area contributed by atoms with Crippen molar-refractivity contribution >= 4 is 23.4 Å². The summed E-state index contributed by atoms with van der Waals surface area (Å²) in [5.74, 6) is 0. The fourth-order valence-corrected chi connectivity index (χ4v) is 2.48. The van der Waals surface area contributed by atoms with E-state index in [1.807, 2.05) is 37.3 Å². The molecule has 0 radical (unpaired) electrons. The van der Waals surface area contributed by atoms with Crippen molar-refractivity contribution in [1.29, 1.82) is 0 Å². The van der Waals surface area contributed by atoms with Gasteiger partial charge in [0.05, 0.1) is 17.7 Å². The van der Waals surface area contributed by atoms with Crippen molar-refractivity contribution in [3.63, 3.8) is 0 Å². The second-order valence-corrected chi connectivity index (χ2v) is 5.03. The van der Waals surface area contributed by atoms with Crippen LogP contribution in [0.1, 0.15) is 25.8 Å². The lowest BCUT2D eigenvalue weighted by molar-refractivity contribution is -0.0548. The standard InChI is InChI=1S/C15H19ClN2O3/c1-3-20-13-10-12(16)14(11-8-6-5-7-9-11)17-18(13)15(19)21-4-2/h5-9,12-13H,3-4,10H2,1-2H3/t12-,13-/m0/s1. The zero-order valence-electron chi connectivity index (χ0n) is 12.2. The Kier molecular flexibility index (Phi) is 5.59. The van der Waals surface area contributed by atoms with Crippen LogP contribution < -0.4 is 0 Å². The van der Waals surface area contributed by atoms with E-state index in [1.165, 1.54) is 5.01 Å². The van der Waals surface area contributed by atoms with Crippen LogP contribution in [-0.4, -0.2) is 41.6 Å². The molecule has 0 fully saturated rings. The van der Waals surface area contributed by atoms with Gasteiger partial charge in [0, 0.05) is 13.0 Å². The van der Waals surface area contributed by atoms with Crippen LogP contribution in [0.5, 0.6) is 0 Å². The van der Waals surface area contributed by atoms with E-state index in [1.54, 1.807) is 6.92 Å². The van der Waals surface area contributed by atoms with Crippen LogP contribution in [0.25, 0.3) is 0 Å². The second kappa shape index (κ2) is 7.43. The maximum Gasteiger partial charge on any atom is 0.432 e. The van der Waals surface area contributed by atoms with Gasteiger partial charge in [0.2, 0.25) is 0 Å². The molecule has 5 nitrogen and oxygen atoms in total. The fraction of sp³-hybridized carbons (Fsp3) is 0.467. The predicted octanol–water partition coefficient (Wildman–Crippen LogP) is 3.22. The summed E-state index contributed by atoms with van der Waals surface area (Å²) in [7, 11) is 0. The van der Waals surface area contributed by atoms with Crippen LogP contribution in [0.4, 0.5) is 4.79 Å². The van der Waals surface area contributed by atoms with Crippen molar-refractivity contribution in [3.8, 4) is 0 Å². The van der Waals surface area contributed by atoms with Crippen LogP contribution in [0.3, 0.4) is 0 Å². The summed E-state index contributed by atoms with van der Waals surface area (Å²) < 4.78 is 10.6. The lowest BCUT2D eigenvalue weighted by atomic mass is 10.0. The number of rotatable bonds is 4. The van der Waals surface area contributed by atoms with Crippen molar-refractivity contribution < 1.29 is 14.3 Å². The first-order chi connectivity index (χ1) is 10.2. The average molecular weight is 311 g/mol. The van der Waals surface area contributed by atoms with Gasteiger partial charge in [-0.1, -0.05) is 30.3 Å². The summed E-state index contributed by atoms with van der Waals surface area (Å²) in [5, 5.41) is 5.30. The minimum atomic E-state index is -0.520. The second-order valence-electron chi connectivity index (χ2n) is 4.51. The Morgan fingerprint density at radius 2 is 2.05 bits per heavy atom. The number of hydrogen-bond donors (Lipinski definition) is 0. The monoisotopic (exact) mass is 310 g/mol. The molecule has 0 spiro atoms. The van der Waals surface area contributed by atoms with Gasteiger partial charge in [0.1, 0.15) is 0 Å². The summed E-state index contributed by atoms with van der Waals surface area (Å²) in [4.78, 5) is 12.0. The molecule has 1 amide bonds. The number of hydrogen-bond acceptors (Lipinski definition) is 4. The summed E-state index contributed by atoms with van der Waals surface area (Å²) in [6.07, 6.45) is -0.543. The number of carbonyl (C=O) groups excluding carboxylic acids is 1. The van der Waals surface area contributed by atoms with E-state index in [0.29, 0.717) is 18.7 Å². The molecular weight excluding hydrogens is 292 g/mol. The largest absolute Gasteiger partial charge is 0.448 e. The topological polar surface area (TPSA) is 51.1 Å². The number of hydrazone groups is 1. The van der Waals surface area contributed by atoms with Gasteiger partial charge >= 0.3 is 6.09 Å². The third-order valence-electron chi connectivity index (χ3n) is 3.08. The van der Waals surface area contributed by atoms with Gasteiger partial charge in [-0.05, 0) is 19.4 Å². The first-order valence-electron chi connectivity index (χ1n) is 7.03. The molecule has 2 atom stereocenters. The zero-order valence-corrected chi connectivity index (χ0v) is 12.9. The van der Waals surface area contributed by atoms with E-state index in [9.17, 15) is 4.79 Å². The highest BCUT2D eigenvalue weighted by molar-refractivity contribution is 6.35. The highest BCUT2D eigenvalue weighted by Crippen LogP contribution is 2.25. The molecule has 1 heterocycles. The smallest absolute Gasteiger partial charge is 0.432 e. The number of ether oxygens (including phenoxy) is 2. The van der Waals surface area contributed by atoms with Crippen molar-refractivity contribution in [2.24, 2.45) is 5.10 Å². The molecule has 1 aromatic rings. The van der Waals surface area contributed by atoms with Crippen LogP contribution >= 0.6 is 11.6 Å². The normalized spacial score (nSPS) is 21.9. The Bertz CT molecular complexity index is 507. The molecule has 0 aliphatic carbocycles. The predicted molar refractivity (Wildman–Crippen MR) is 81.5 cm³/mol. The number of halogens is 1. The molecule has 6 heteroatoms. The highest BCUT2D eigenvalue weighted by Gasteiger charge is 2.35. The Hall–Kier alpha value is -1.59. The number of carbonyl (C=O) groups is 1. The van der Waals surface area contributed by atoms with E-state index in [0.717, 1.165) is 5.56 Å². The van der Waals surface area contributed by atoms with Crippen molar-refractivity contribution in [1.82, 2.24) is 5.01 Å². The Balaban J connectivity index is 2.32. The van der Waals surface area contributed by atoms with E-state index < -0.39 is 12.3 Å². The van der Waals surface area contributed by atoms with Crippen molar-refractivity contribution in [2.75, 3.05) is 13.2 Å². The molecule has 2 rings (SSSR count). The first kappa shape index (κ1) is 15.8. The maximum atomic E-state index is 12.0. The third-order valence-corrected chi connectivity index (χ3v) is 3.46. The third kappa shape index (κ3) is 3.74. The lowest BCUT2D eigenvalue weighted by Crippen LogP contribution is -2.46. The van der Waals surface area contributed by atoms with Crippen LogP contribution in [0, 0.1) is 0 Å². The van der Waals surface area contributed by atoms with Gasteiger partial charge in [-0.25, -0.2) is 4.79 Å². The van der Waals surface area contributed by atoms with Gasteiger partial charge in [0.15, 0.2) is 6.23 Å². The molecule has 21 heavy (non-hydrogen) atoms. The molecule has 0 N–H and O–H groups in total. The Morgan fingerprint density at radius 3 is 2.67 bits per heavy atom. The Morgan fingerprint density at radius 1 is 1.33 bits per heavy atom. The first-order valence-corrected chi connectivity index (χ1v) is 7.46. The maximum absolute atomic E-state index is 12.0.